The molecule has 1 amide bonds. The van der Waals surface area contributed by atoms with Gasteiger partial charge in [0.1, 0.15) is 4.32 Å². The Hall–Kier alpha value is -1.58. The van der Waals surface area contributed by atoms with Crippen molar-refractivity contribution in [3.63, 3.8) is 0 Å². The maximum absolute atomic E-state index is 12.8. The molecule has 0 N–H and O–H groups in total. The molecule has 1 unspecified atom stereocenters. The van der Waals surface area contributed by atoms with Crippen molar-refractivity contribution >= 4 is 39.9 Å². The first kappa shape index (κ1) is 17.8. The second kappa shape index (κ2) is 8.90. The van der Waals surface area contributed by atoms with Gasteiger partial charge in [-0.3, -0.25) is 4.79 Å². The molecule has 0 spiro atoms. The molecule has 1 saturated heterocycles. The van der Waals surface area contributed by atoms with Gasteiger partial charge in [0.15, 0.2) is 0 Å². The number of benzene rings is 1. The third kappa shape index (κ3) is 4.95. The zero-order chi connectivity index (χ0) is 16.7. The molecule has 122 valence electrons. The molecule has 1 aliphatic rings. The van der Waals surface area contributed by atoms with Crippen LogP contribution in [0, 0.1) is 11.3 Å². The number of carbonyl (C=O) groups is 1. The van der Waals surface area contributed by atoms with Crippen molar-refractivity contribution in [2.75, 3.05) is 24.5 Å². The molecule has 1 aromatic rings. The number of carbonyl (C=O) groups excluding carboxylic acids is 1. The number of hydrogen-bond acceptors (Lipinski definition) is 4. The van der Waals surface area contributed by atoms with E-state index in [9.17, 15) is 4.79 Å². The van der Waals surface area contributed by atoms with E-state index in [0.29, 0.717) is 13.0 Å². The second-order valence-corrected chi connectivity index (χ2v) is 7.43. The largest absolute Gasteiger partial charge is 0.358 e. The third-order valence-electron chi connectivity index (χ3n) is 3.77. The molecule has 1 atom stereocenters. The molecule has 23 heavy (non-hydrogen) atoms. The Morgan fingerprint density at radius 2 is 2.04 bits per heavy atom. The fourth-order valence-electron chi connectivity index (χ4n) is 2.53. The standard InChI is InChI=1S/C17H21N3OS2/c1-14(23-17(22)19-11-5-6-12-19)16(21)20(13-7-10-18)15-8-3-2-4-9-15/h2-4,8-9,14H,5-7,11-13H2,1H3. The fraction of sp³-hybridized carbons (Fsp3) is 0.471. The van der Waals surface area contributed by atoms with E-state index in [-0.39, 0.29) is 11.2 Å². The van der Waals surface area contributed by atoms with Gasteiger partial charge in [-0.2, -0.15) is 5.26 Å². The predicted octanol–water partition coefficient (Wildman–Crippen LogP) is 3.44. The molecular formula is C17H21N3OS2. The number of likely N-dealkylation sites (tertiary alicyclic amines) is 1. The van der Waals surface area contributed by atoms with Crippen LogP contribution in [0.5, 0.6) is 0 Å². The van der Waals surface area contributed by atoms with E-state index in [1.54, 1.807) is 4.90 Å². The minimum Gasteiger partial charge on any atom is -0.358 e. The van der Waals surface area contributed by atoms with Gasteiger partial charge in [-0.25, -0.2) is 0 Å². The summed E-state index contributed by atoms with van der Waals surface area (Å²) in [5, 5.41) is 8.59. The lowest BCUT2D eigenvalue weighted by molar-refractivity contribution is -0.117. The molecule has 0 aliphatic carbocycles. The number of nitriles is 1. The SMILES string of the molecule is CC(SC(=S)N1CCCC1)C(=O)N(CCC#N)c1ccccc1. The Bertz CT molecular complexity index is 579. The highest BCUT2D eigenvalue weighted by molar-refractivity contribution is 8.23. The number of thioether (sulfide) groups is 1. The van der Waals surface area contributed by atoms with Gasteiger partial charge in [-0.05, 0) is 31.9 Å². The van der Waals surface area contributed by atoms with Gasteiger partial charge in [0, 0.05) is 25.3 Å². The Balaban J connectivity index is 2.03. The first-order chi connectivity index (χ1) is 11.1. The smallest absolute Gasteiger partial charge is 0.240 e. The average molecular weight is 348 g/mol. The lowest BCUT2D eigenvalue weighted by atomic mass is 10.2. The summed E-state index contributed by atoms with van der Waals surface area (Å²) in [7, 11) is 0. The highest BCUT2D eigenvalue weighted by atomic mass is 32.2. The summed E-state index contributed by atoms with van der Waals surface area (Å²) in [5.74, 6) is -0.00185. The second-order valence-electron chi connectivity index (χ2n) is 5.45. The molecular weight excluding hydrogens is 326 g/mol. The van der Waals surface area contributed by atoms with Crippen molar-refractivity contribution < 1.29 is 4.79 Å². The lowest BCUT2D eigenvalue weighted by Gasteiger charge is -2.26. The van der Waals surface area contributed by atoms with Gasteiger partial charge < -0.3 is 9.80 Å². The summed E-state index contributed by atoms with van der Waals surface area (Å²) < 4.78 is 0.802. The molecule has 0 saturated carbocycles. The van der Waals surface area contributed by atoms with Crippen LogP contribution in [-0.2, 0) is 4.79 Å². The van der Waals surface area contributed by atoms with Crippen molar-refractivity contribution in [3.8, 4) is 6.07 Å². The number of amides is 1. The maximum atomic E-state index is 12.8. The maximum Gasteiger partial charge on any atom is 0.240 e. The number of nitrogens with zero attached hydrogens (tertiary/aromatic N) is 3. The molecule has 1 heterocycles. The summed E-state index contributed by atoms with van der Waals surface area (Å²) in [4.78, 5) is 16.7. The molecule has 0 aromatic heterocycles. The zero-order valence-electron chi connectivity index (χ0n) is 13.3. The normalized spacial score (nSPS) is 15.0. The average Bonchev–Trinajstić information content (AvgIpc) is 3.10. The molecule has 0 radical (unpaired) electrons. The van der Waals surface area contributed by atoms with Crippen LogP contribution in [-0.4, -0.2) is 40.0 Å². The van der Waals surface area contributed by atoms with E-state index >= 15 is 0 Å². The van der Waals surface area contributed by atoms with Gasteiger partial charge in [-0.1, -0.05) is 42.2 Å². The van der Waals surface area contributed by atoms with E-state index < -0.39 is 0 Å². The fourth-order valence-corrected chi connectivity index (χ4v) is 4.01. The van der Waals surface area contributed by atoms with Crippen LogP contribution >= 0.6 is 24.0 Å². The van der Waals surface area contributed by atoms with Gasteiger partial charge in [-0.15, -0.1) is 0 Å². The molecule has 6 heteroatoms. The van der Waals surface area contributed by atoms with E-state index in [4.69, 9.17) is 17.5 Å². The van der Waals surface area contributed by atoms with Gasteiger partial charge >= 0.3 is 0 Å². The summed E-state index contributed by atoms with van der Waals surface area (Å²) in [6.07, 6.45) is 2.65. The Morgan fingerprint density at radius 1 is 1.39 bits per heavy atom. The number of hydrogen-bond donors (Lipinski definition) is 0. The highest BCUT2D eigenvalue weighted by Gasteiger charge is 2.25. The molecule has 1 fully saturated rings. The highest BCUT2D eigenvalue weighted by Crippen LogP contribution is 2.24. The van der Waals surface area contributed by atoms with Crippen LogP contribution in [0.3, 0.4) is 0 Å². The number of para-hydroxylation sites is 1. The summed E-state index contributed by atoms with van der Waals surface area (Å²) in [6.45, 7) is 4.27. The first-order valence-corrected chi connectivity index (χ1v) is 9.11. The molecule has 2 rings (SSSR count). The van der Waals surface area contributed by atoms with Crippen molar-refractivity contribution in [1.29, 1.82) is 5.26 Å². The van der Waals surface area contributed by atoms with Crippen molar-refractivity contribution in [3.05, 3.63) is 30.3 Å². The van der Waals surface area contributed by atoms with Crippen LogP contribution in [0.4, 0.5) is 5.69 Å². The predicted molar refractivity (Wildman–Crippen MR) is 99.5 cm³/mol. The van der Waals surface area contributed by atoms with E-state index in [1.807, 2.05) is 37.3 Å². The van der Waals surface area contributed by atoms with Gasteiger partial charge in [0.2, 0.25) is 5.91 Å². The van der Waals surface area contributed by atoms with Crippen LogP contribution in [0.1, 0.15) is 26.2 Å². The minimum absolute atomic E-state index is 0.00185. The lowest BCUT2D eigenvalue weighted by Crippen LogP contribution is -2.38. The first-order valence-electron chi connectivity index (χ1n) is 7.82. The van der Waals surface area contributed by atoms with Crippen molar-refractivity contribution in [2.45, 2.75) is 31.4 Å². The minimum atomic E-state index is -0.262. The van der Waals surface area contributed by atoms with Crippen LogP contribution in [0.25, 0.3) is 0 Å². The van der Waals surface area contributed by atoms with Crippen molar-refractivity contribution in [2.24, 2.45) is 0 Å². The Kier molecular flexibility index (Phi) is 6.87. The number of thiocarbonyl (C=S) groups is 1. The number of anilines is 1. The molecule has 1 aliphatic heterocycles. The zero-order valence-corrected chi connectivity index (χ0v) is 14.9. The Morgan fingerprint density at radius 3 is 2.65 bits per heavy atom. The third-order valence-corrected chi connectivity index (χ3v) is 5.33. The topological polar surface area (TPSA) is 47.3 Å². The summed E-state index contributed by atoms with van der Waals surface area (Å²) in [6, 6.07) is 11.6. The monoisotopic (exact) mass is 347 g/mol. The summed E-state index contributed by atoms with van der Waals surface area (Å²) >= 11 is 6.91. The van der Waals surface area contributed by atoms with Gasteiger partial charge in [0.25, 0.3) is 0 Å². The molecule has 1 aromatic carbocycles. The van der Waals surface area contributed by atoms with Crippen LogP contribution < -0.4 is 4.90 Å². The van der Waals surface area contributed by atoms with Gasteiger partial charge in [0.05, 0.1) is 17.7 Å². The van der Waals surface area contributed by atoms with Crippen LogP contribution in [0.15, 0.2) is 30.3 Å². The Labute approximate surface area is 147 Å². The molecule has 4 nitrogen and oxygen atoms in total. The van der Waals surface area contributed by atoms with Crippen molar-refractivity contribution in [1.82, 2.24) is 4.90 Å². The molecule has 0 bridgehead atoms. The quantitative estimate of drug-likeness (QED) is 0.764. The van der Waals surface area contributed by atoms with E-state index in [2.05, 4.69) is 11.0 Å². The van der Waals surface area contributed by atoms with Crippen LogP contribution in [0.2, 0.25) is 0 Å². The summed E-state index contributed by atoms with van der Waals surface area (Å²) in [5.41, 5.74) is 0.826. The van der Waals surface area contributed by atoms with E-state index in [1.165, 1.54) is 24.6 Å². The van der Waals surface area contributed by atoms with E-state index in [0.717, 1.165) is 23.1 Å². The number of rotatable bonds is 5.